The van der Waals surface area contributed by atoms with Crippen molar-refractivity contribution in [3.8, 4) is 0 Å². The Bertz CT molecular complexity index is 492. The molecule has 19 heavy (non-hydrogen) atoms. The topological polar surface area (TPSA) is 80.7 Å². The molecule has 0 aromatic carbocycles. The van der Waals surface area contributed by atoms with Crippen molar-refractivity contribution in [2.75, 3.05) is 0 Å². The maximum atomic E-state index is 11.5. The molecule has 0 radical (unpaired) electrons. The van der Waals surface area contributed by atoms with Crippen LogP contribution in [0.1, 0.15) is 20.3 Å². The Morgan fingerprint density at radius 1 is 1.47 bits per heavy atom. The van der Waals surface area contributed by atoms with Crippen molar-refractivity contribution in [2.24, 2.45) is 23.2 Å². The van der Waals surface area contributed by atoms with E-state index >= 15 is 0 Å². The molecular weight excluding hydrogens is 248 g/mol. The average molecular weight is 264 g/mol. The number of aliphatic carboxylic acids is 1. The molecule has 4 unspecified atom stereocenters. The third-order valence-electron chi connectivity index (χ3n) is 4.21. The van der Waals surface area contributed by atoms with Gasteiger partial charge in [-0.3, -0.25) is 9.59 Å². The summed E-state index contributed by atoms with van der Waals surface area (Å²) in [4.78, 5) is 32.5. The molecule has 0 aromatic rings. The van der Waals surface area contributed by atoms with Crippen molar-refractivity contribution >= 4 is 17.9 Å². The number of hydrogen-bond acceptors (Lipinski definition) is 4. The van der Waals surface area contributed by atoms with Gasteiger partial charge in [0.05, 0.1) is 11.3 Å². The van der Waals surface area contributed by atoms with Crippen molar-refractivity contribution in [2.45, 2.75) is 20.3 Å². The summed E-state index contributed by atoms with van der Waals surface area (Å²) in [5.74, 6) is -1.30. The zero-order valence-electron chi connectivity index (χ0n) is 10.9. The maximum absolute atomic E-state index is 11.5. The number of cyclic esters (lactones) is 2. The van der Waals surface area contributed by atoms with E-state index in [0.717, 1.165) is 6.42 Å². The first-order chi connectivity index (χ1) is 8.78. The Labute approximate surface area is 110 Å². The lowest BCUT2D eigenvalue weighted by Crippen LogP contribution is -2.34. The van der Waals surface area contributed by atoms with Crippen LogP contribution in [0.25, 0.3) is 0 Å². The van der Waals surface area contributed by atoms with Crippen LogP contribution in [0.5, 0.6) is 0 Å². The molecule has 1 saturated heterocycles. The van der Waals surface area contributed by atoms with Crippen LogP contribution >= 0.6 is 0 Å². The van der Waals surface area contributed by atoms with E-state index in [0.29, 0.717) is 0 Å². The fourth-order valence-electron chi connectivity index (χ4n) is 3.06. The summed E-state index contributed by atoms with van der Waals surface area (Å²) in [7, 11) is 0. The summed E-state index contributed by atoms with van der Waals surface area (Å²) < 4.78 is 4.69. The quantitative estimate of drug-likeness (QED) is 0.336. The second-order valence-electron chi connectivity index (χ2n) is 5.45. The van der Waals surface area contributed by atoms with Gasteiger partial charge in [0.15, 0.2) is 0 Å². The molecular formula is C14H16O5. The molecule has 0 amide bonds. The van der Waals surface area contributed by atoms with Crippen molar-refractivity contribution < 1.29 is 24.2 Å². The van der Waals surface area contributed by atoms with E-state index in [1.165, 1.54) is 6.92 Å². The Morgan fingerprint density at radius 3 is 2.53 bits per heavy atom. The highest BCUT2D eigenvalue weighted by atomic mass is 16.6. The van der Waals surface area contributed by atoms with E-state index < -0.39 is 11.4 Å². The Hall–Kier alpha value is -1.91. The summed E-state index contributed by atoms with van der Waals surface area (Å²) in [5, 5.41) is 7.89. The number of carbonyl (C=O) groups excluding carboxylic acids is 2. The fourth-order valence-corrected chi connectivity index (χ4v) is 3.06. The largest absolute Gasteiger partial charge is 0.478 e. The number of carboxylic acid groups (broad SMARTS) is 1. The molecule has 5 heteroatoms. The lowest BCUT2D eigenvalue weighted by atomic mass is 9.72. The molecule has 3 rings (SSSR count). The van der Waals surface area contributed by atoms with Gasteiger partial charge in [0.2, 0.25) is 0 Å². The molecule has 1 saturated carbocycles. The normalized spacial score (nSPS) is 37.5. The monoisotopic (exact) mass is 264 g/mol. The van der Waals surface area contributed by atoms with Crippen molar-refractivity contribution in [1.82, 2.24) is 0 Å². The summed E-state index contributed by atoms with van der Waals surface area (Å²) in [6.45, 7) is 6.46. The van der Waals surface area contributed by atoms with Gasteiger partial charge in [-0.1, -0.05) is 18.7 Å². The van der Waals surface area contributed by atoms with Gasteiger partial charge in [-0.25, -0.2) is 4.79 Å². The van der Waals surface area contributed by atoms with E-state index in [1.807, 2.05) is 6.92 Å². The first-order valence-electron chi connectivity index (χ1n) is 6.11. The van der Waals surface area contributed by atoms with Crippen LogP contribution in [0.3, 0.4) is 0 Å². The van der Waals surface area contributed by atoms with Gasteiger partial charge < -0.3 is 9.84 Å². The van der Waals surface area contributed by atoms with Crippen LogP contribution in [0.15, 0.2) is 24.3 Å². The van der Waals surface area contributed by atoms with Gasteiger partial charge in [-0.2, -0.15) is 0 Å². The van der Waals surface area contributed by atoms with E-state index in [2.05, 4.69) is 18.7 Å². The molecule has 3 aliphatic rings. The number of carboxylic acids is 1. The van der Waals surface area contributed by atoms with Gasteiger partial charge in [0.25, 0.3) is 0 Å². The highest BCUT2D eigenvalue weighted by Crippen LogP contribution is 2.59. The van der Waals surface area contributed by atoms with Crippen LogP contribution in [-0.4, -0.2) is 23.0 Å². The first kappa shape index (κ1) is 13.5. The van der Waals surface area contributed by atoms with Crippen molar-refractivity contribution in [1.29, 1.82) is 0 Å². The number of fused-ring (bicyclic) bond motifs is 5. The Balaban J connectivity index is 0.000000192. The van der Waals surface area contributed by atoms with Crippen LogP contribution in [0.4, 0.5) is 0 Å². The van der Waals surface area contributed by atoms with E-state index in [4.69, 9.17) is 9.84 Å². The summed E-state index contributed by atoms with van der Waals surface area (Å²) in [6.07, 6.45) is 5.06. The predicted octanol–water partition coefficient (Wildman–Crippen LogP) is 1.55. The highest BCUT2D eigenvalue weighted by Gasteiger charge is 2.66. The number of hydrogen-bond donors (Lipinski definition) is 1. The van der Waals surface area contributed by atoms with Gasteiger partial charge in [0.1, 0.15) is 0 Å². The first-order valence-corrected chi connectivity index (χ1v) is 6.11. The van der Waals surface area contributed by atoms with Gasteiger partial charge in [-0.05, 0) is 32.1 Å². The molecule has 2 bridgehead atoms. The Kier molecular flexibility index (Phi) is 3.08. The molecule has 0 spiro atoms. The Morgan fingerprint density at radius 2 is 2.05 bits per heavy atom. The number of carbonyl (C=O) groups is 3. The minimum Gasteiger partial charge on any atom is -0.478 e. The zero-order valence-corrected chi connectivity index (χ0v) is 10.9. The minimum atomic E-state index is -0.935. The van der Waals surface area contributed by atoms with Crippen LogP contribution in [-0.2, 0) is 19.1 Å². The number of esters is 2. The standard InChI is InChI=1S/C10H10O3.C4H6O2/c1-10-6-3-2-5(4-6)7(10)8(11)13-9(10)12;1-3(2)4(5)6/h2-3,5-7H,4H2,1H3;1H2,2H3,(H,5,6). The van der Waals surface area contributed by atoms with Crippen molar-refractivity contribution in [3.63, 3.8) is 0 Å². The minimum absolute atomic E-state index is 0.176. The van der Waals surface area contributed by atoms with E-state index in [9.17, 15) is 14.4 Å². The number of allylic oxidation sites excluding steroid dienone is 2. The van der Waals surface area contributed by atoms with Gasteiger partial charge in [0, 0.05) is 5.57 Å². The molecule has 1 heterocycles. The van der Waals surface area contributed by atoms with E-state index in [1.54, 1.807) is 0 Å². The third kappa shape index (κ3) is 1.89. The summed E-state index contributed by atoms with van der Waals surface area (Å²) in [6, 6.07) is 0. The van der Waals surface area contributed by atoms with Crippen LogP contribution in [0.2, 0.25) is 0 Å². The van der Waals surface area contributed by atoms with Gasteiger partial charge in [-0.15, -0.1) is 0 Å². The molecule has 5 nitrogen and oxygen atoms in total. The smallest absolute Gasteiger partial charge is 0.330 e. The molecule has 102 valence electrons. The SMILES string of the molecule is C=C(C)C(=O)O.CC12C(=O)OC(=O)C1C1C=CC2C1. The van der Waals surface area contributed by atoms with E-state index in [-0.39, 0.29) is 35.3 Å². The molecule has 4 atom stereocenters. The molecule has 1 aliphatic heterocycles. The predicted molar refractivity (Wildman–Crippen MR) is 65.9 cm³/mol. The third-order valence-corrected chi connectivity index (χ3v) is 4.21. The molecule has 1 N–H and O–H groups in total. The second-order valence-corrected chi connectivity index (χ2v) is 5.45. The molecule has 2 fully saturated rings. The summed E-state index contributed by atoms with van der Waals surface area (Å²) in [5.41, 5.74) is -0.369. The average Bonchev–Trinajstić information content (AvgIpc) is 2.93. The zero-order chi connectivity index (χ0) is 14.4. The van der Waals surface area contributed by atoms with Crippen molar-refractivity contribution in [3.05, 3.63) is 24.3 Å². The molecule has 2 aliphatic carbocycles. The number of rotatable bonds is 1. The van der Waals surface area contributed by atoms with Crippen LogP contribution in [0, 0.1) is 23.2 Å². The lowest BCUT2D eigenvalue weighted by molar-refractivity contribution is -0.156. The lowest BCUT2D eigenvalue weighted by Gasteiger charge is -2.25. The number of ether oxygens (including phenoxy) is 1. The second kappa shape index (κ2) is 4.33. The summed E-state index contributed by atoms with van der Waals surface area (Å²) >= 11 is 0. The fraction of sp³-hybridized carbons (Fsp3) is 0.500. The van der Waals surface area contributed by atoms with Gasteiger partial charge >= 0.3 is 17.9 Å². The van der Waals surface area contributed by atoms with Crippen LogP contribution < -0.4 is 0 Å². The molecule has 0 aromatic heterocycles. The maximum Gasteiger partial charge on any atom is 0.330 e. The highest BCUT2D eigenvalue weighted by molar-refractivity contribution is 6.00.